The van der Waals surface area contributed by atoms with Crippen molar-refractivity contribution in [2.75, 3.05) is 26.3 Å². The molecule has 0 radical (unpaired) electrons. The van der Waals surface area contributed by atoms with E-state index in [1.807, 2.05) is 0 Å². The quantitative estimate of drug-likeness (QED) is 0.688. The largest absolute Gasteiger partial charge is 0.378 e. The van der Waals surface area contributed by atoms with Gasteiger partial charge in [0.1, 0.15) is 0 Å². The predicted octanol–water partition coefficient (Wildman–Crippen LogP) is 0.705. The second-order valence-corrected chi connectivity index (χ2v) is 4.77. The minimum absolute atomic E-state index is 0.0369. The molecule has 2 aliphatic rings. The first kappa shape index (κ1) is 11.8. The Balaban J connectivity index is 1.80. The number of amides is 1. The van der Waals surface area contributed by atoms with Gasteiger partial charge in [-0.1, -0.05) is 25.1 Å². The highest BCUT2D eigenvalue weighted by Crippen LogP contribution is 2.17. The van der Waals surface area contributed by atoms with Crippen molar-refractivity contribution in [3.05, 3.63) is 0 Å². The Labute approximate surface area is 101 Å². The third kappa shape index (κ3) is 2.92. The Morgan fingerprint density at radius 1 is 1.25 bits per heavy atom. The number of carbonyl (C=O) groups is 1. The summed E-state index contributed by atoms with van der Waals surface area (Å²) in [7, 11) is 0. The summed E-state index contributed by atoms with van der Waals surface area (Å²) in [4.78, 5) is 14.1. The van der Waals surface area contributed by atoms with Gasteiger partial charge in [-0.2, -0.15) is 0 Å². The smallest absolute Gasteiger partial charge is 0.281 e. The lowest BCUT2D eigenvalue weighted by Gasteiger charge is -2.27. The van der Waals surface area contributed by atoms with E-state index in [1.54, 1.807) is 4.90 Å². The SMILES string of the molecule is O=C(C(=S)NC1CCCC1)N1CCOCC1. The first-order valence-electron chi connectivity index (χ1n) is 5.95. The van der Waals surface area contributed by atoms with Crippen LogP contribution in [0.15, 0.2) is 0 Å². The normalized spacial score (nSPS) is 22.1. The van der Waals surface area contributed by atoms with Gasteiger partial charge < -0.3 is 15.0 Å². The van der Waals surface area contributed by atoms with Crippen LogP contribution in [-0.4, -0.2) is 48.1 Å². The highest BCUT2D eigenvalue weighted by Gasteiger charge is 2.23. The van der Waals surface area contributed by atoms with Crippen LogP contribution >= 0.6 is 12.2 Å². The molecule has 1 aliphatic heterocycles. The molecule has 1 saturated carbocycles. The minimum atomic E-state index is -0.0369. The molecular weight excluding hydrogens is 224 g/mol. The average Bonchev–Trinajstić information content (AvgIpc) is 2.82. The molecule has 16 heavy (non-hydrogen) atoms. The topological polar surface area (TPSA) is 41.6 Å². The number of nitrogens with zero attached hydrogens (tertiary/aromatic N) is 1. The fourth-order valence-corrected chi connectivity index (χ4v) is 2.52. The molecule has 0 aromatic carbocycles. The Morgan fingerprint density at radius 3 is 2.50 bits per heavy atom. The molecule has 4 nitrogen and oxygen atoms in total. The second-order valence-electron chi connectivity index (χ2n) is 4.36. The zero-order chi connectivity index (χ0) is 11.4. The van der Waals surface area contributed by atoms with Gasteiger partial charge in [0.15, 0.2) is 4.99 Å². The fourth-order valence-electron chi connectivity index (χ4n) is 2.23. The van der Waals surface area contributed by atoms with E-state index in [4.69, 9.17) is 17.0 Å². The first-order valence-corrected chi connectivity index (χ1v) is 6.36. The summed E-state index contributed by atoms with van der Waals surface area (Å²) in [5.74, 6) is -0.0369. The zero-order valence-electron chi connectivity index (χ0n) is 9.41. The van der Waals surface area contributed by atoms with Gasteiger partial charge in [0.2, 0.25) is 0 Å². The maximum absolute atomic E-state index is 12.0. The average molecular weight is 242 g/mol. The highest BCUT2D eigenvalue weighted by atomic mass is 32.1. The number of carbonyl (C=O) groups excluding carboxylic acids is 1. The maximum Gasteiger partial charge on any atom is 0.281 e. The van der Waals surface area contributed by atoms with Gasteiger partial charge in [0.25, 0.3) is 5.91 Å². The number of hydrogen-bond acceptors (Lipinski definition) is 3. The molecule has 5 heteroatoms. The van der Waals surface area contributed by atoms with Gasteiger partial charge in [-0.25, -0.2) is 0 Å². The number of ether oxygens (including phenoxy) is 1. The lowest BCUT2D eigenvalue weighted by atomic mass is 10.2. The lowest BCUT2D eigenvalue weighted by molar-refractivity contribution is -0.128. The summed E-state index contributed by atoms with van der Waals surface area (Å²) in [5.41, 5.74) is 0. The molecule has 0 aromatic rings. The summed E-state index contributed by atoms with van der Waals surface area (Å²) >= 11 is 5.15. The van der Waals surface area contributed by atoms with Crippen LogP contribution in [0, 0.1) is 0 Å². The number of hydrogen-bond donors (Lipinski definition) is 1. The van der Waals surface area contributed by atoms with Crippen LogP contribution in [-0.2, 0) is 9.53 Å². The molecule has 0 atom stereocenters. The van der Waals surface area contributed by atoms with Gasteiger partial charge in [-0.05, 0) is 12.8 Å². The molecule has 90 valence electrons. The maximum atomic E-state index is 12.0. The predicted molar refractivity (Wildman–Crippen MR) is 65.4 cm³/mol. The minimum Gasteiger partial charge on any atom is -0.378 e. The summed E-state index contributed by atoms with van der Waals surface area (Å²) in [6.45, 7) is 2.56. The van der Waals surface area contributed by atoms with E-state index in [1.165, 1.54) is 12.8 Å². The Hall–Kier alpha value is -0.680. The van der Waals surface area contributed by atoms with Crippen molar-refractivity contribution < 1.29 is 9.53 Å². The van der Waals surface area contributed by atoms with E-state index in [0.717, 1.165) is 12.8 Å². The fraction of sp³-hybridized carbons (Fsp3) is 0.818. The molecule has 0 aromatic heterocycles. The van der Waals surface area contributed by atoms with Crippen LogP contribution in [0.5, 0.6) is 0 Å². The van der Waals surface area contributed by atoms with Gasteiger partial charge >= 0.3 is 0 Å². The van der Waals surface area contributed by atoms with E-state index >= 15 is 0 Å². The first-order chi connectivity index (χ1) is 7.77. The van der Waals surface area contributed by atoms with E-state index in [9.17, 15) is 4.79 Å². The molecule has 1 saturated heterocycles. The molecule has 1 amide bonds. The standard InChI is InChI=1S/C11H18N2O2S/c14-11(13-5-7-15-8-6-13)10(16)12-9-3-1-2-4-9/h9H,1-8H2,(H,12,16). The number of thiocarbonyl (C=S) groups is 1. The number of rotatable bonds is 1. The Kier molecular flexibility index (Phi) is 4.12. The van der Waals surface area contributed by atoms with Gasteiger partial charge in [0.05, 0.1) is 13.2 Å². The van der Waals surface area contributed by atoms with E-state index in [2.05, 4.69) is 5.32 Å². The van der Waals surface area contributed by atoms with Crippen molar-refractivity contribution in [3.63, 3.8) is 0 Å². The van der Waals surface area contributed by atoms with Gasteiger partial charge in [-0.3, -0.25) is 4.79 Å². The van der Waals surface area contributed by atoms with Crippen LogP contribution in [0.2, 0.25) is 0 Å². The molecule has 2 fully saturated rings. The van der Waals surface area contributed by atoms with Crippen LogP contribution < -0.4 is 5.32 Å². The highest BCUT2D eigenvalue weighted by molar-refractivity contribution is 7.82. The second kappa shape index (κ2) is 5.59. The zero-order valence-corrected chi connectivity index (χ0v) is 10.2. The van der Waals surface area contributed by atoms with Crippen LogP contribution in [0.4, 0.5) is 0 Å². The van der Waals surface area contributed by atoms with Crippen molar-refractivity contribution in [2.45, 2.75) is 31.7 Å². The molecule has 0 spiro atoms. The van der Waals surface area contributed by atoms with Gasteiger partial charge in [-0.15, -0.1) is 0 Å². The third-order valence-corrected chi connectivity index (χ3v) is 3.48. The van der Waals surface area contributed by atoms with Gasteiger partial charge in [0, 0.05) is 19.1 Å². The van der Waals surface area contributed by atoms with Crippen molar-refractivity contribution in [1.29, 1.82) is 0 Å². The summed E-state index contributed by atoms with van der Waals surface area (Å²) in [5, 5.41) is 3.18. The molecule has 1 aliphatic carbocycles. The van der Waals surface area contributed by atoms with Crippen LogP contribution in [0.1, 0.15) is 25.7 Å². The molecule has 1 N–H and O–H groups in total. The van der Waals surface area contributed by atoms with E-state index < -0.39 is 0 Å². The molecular formula is C11H18N2O2S. The summed E-state index contributed by atoms with van der Waals surface area (Å²) in [6, 6.07) is 0.414. The van der Waals surface area contributed by atoms with Crippen LogP contribution in [0.25, 0.3) is 0 Å². The summed E-state index contributed by atoms with van der Waals surface area (Å²) < 4.78 is 5.21. The third-order valence-electron chi connectivity index (χ3n) is 3.18. The molecule has 1 heterocycles. The number of morpholine rings is 1. The molecule has 2 rings (SSSR count). The van der Waals surface area contributed by atoms with Crippen molar-refractivity contribution in [1.82, 2.24) is 10.2 Å². The van der Waals surface area contributed by atoms with Crippen molar-refractivity contribution >= 4 is 23.1 Å². The van der Waals surface area contributed by atoms with Crippen molar-refractivity contribution in [3.8, 4) is 0 Å². The Bertz CT molecular complexity index is 271. The molecule has 0 unspecified atom stereocenters. The van der Waals surface area contributed by atoms with E-state index in [-0.39, 0.29) is 5.91 Å². The van der Waals surface area contributed by atoms with Crippen molar-refractivity contribution in [2.24, 2.45) is 0 Å². The van der Waals surface area contributed by atoms with Crippen LogP contribution in [0.3, 0.4) is 0 Å². The monoisotopic (exact) mass is 242 g/mol. The molecule has 0 bridgehead atoms. The number of nitrogens with one attached hydrogen (secondary N) is 1. The Morgan fingerprint density at radius 2 is 1.88 bits per heavy atom. The summed E-state index contributed by atoms with van der Waals surface area (Å²) in [6.07, 6.45) is 4.76. The van der Waals surface area contributed by atoms with E-state index in [0.29, 0.717) is 37.3 Å². The lowest BCUT2D eigenvalue weighted by Crippen LogP contribution is -2.48.